The van der Waals surface area contributed by atoms with Crippen LogP contribution in [0.15, 0.2) is 104 Å². The van der Waals surface area contributed by atoms with Gasteiger partial charge in [0.2, 0.25) is 0 Å². The van der Waals surface area contributed by atoms with Crippen LogP contribution < -0.4 is 0 Å². The summed E-state index contributed by atoms with van der Waals surface area (Å²) >= 11 is 0. The van der Waals surface area contributed by atoms with Gasteiger partial charge in [0, 0.05) is 19.1 Å². The van der Waals surface area contributed by atoms with E-state index in [-0.39, 0.29) is 6.10 Å². The maximum atomic E-state index is 6.72. The van der Waals surface area contributed by atoms with E-state index < -0.39 is 30.4 Å². The zero-order chi connectivity index (χ0) is 25.5. The number of hydrogen-bond donors (Lipinski definition) is 0. The van der Waals surface area contributed by atoms with Gasteiger partial charge in [-0.15, -0.1) is 6.58 Å². The monoisotopic (exact) mass is 502 g/mol. The second-order valence-corrected chi connectivity index (χ2v) is 9.36. The first-order chi connectivity index (χ1) is 18.2. The summed E-state index contributed by atoms with van der Waals surface area (Å²) in [5, 5.41) is 0. The van der Waals surface area contributed by atoms with Gasteiger partial charge in [-0.1, -0.05) is 97.1 Å². The Bertz CT molecular complexity index is 1110. The number of ether oxygens (including phenoxy) is 6. The van der Waals surface area contributed by atoms with E-state index in [0.717, 1.165) is 16.7 Å². The Balaban J connectivity index is 1.49. The minimum absolute atomic E-state index is 0.345. The predicted octanol–water partition coefficient (Wildman–Crippen LogP) is 5.59. The molecule has 0 N–H and O–H groups in total. The van der Waals surface area contributed by atoms with Crippen molar-refractivity contribution in [1.29, 1.82) is 0 Å². The van der Waals surface area contributed by atoms with Crippen LogP contribution in [0.1, 0.15) is 29.4 Å². The molecule has 0 bridgehead atoms. The predicted molar refractivity (Wildman–Crippen MR) is 139 cm³/mol. The van der Waals surface area contributed by atoms with E-state index in [4.69, 9.17) is 28.4 Å². The molecule has 2 aliphatic heterocycles. The highest BCUT2D eigenvalue weighted by Crippen LogP contribution is 2.44. The molecule has 0 spiro atoms. The van der Waals surface area contributed by atoms with Gasteiger partial charge in [-0.25, -0.2) is 0 Å². The van der Waals surface area contributed by atoms with E-state index in [1.807, 2.05) is 97.1 Å². The van der Waals surface area contributed by atoms with Crippen LogP contribution in [-0.4, -0.2) is 43.9 Å². The fourth-order valence-electron chi connectivity index (χ4n) is 5.09. The fraction of sp³-hybridized carbons (Fsp3) is 0.355. The molecule has 2 aliphatic rings. The first-order valence-electron chi connectivity index (χ1n) is 12.7. The maximum Gasteiger partial charge on any atom is 0.189 e. The molecular weight excluding hydrogens is 468 g/mol. The summed E-state index contributed by atoms with van der Waals surface area (Å²) in [6.45, 7) is 5.12. The average Bonchev–Trinajstić information content (AvgIpc) is 2.96. The van der Waals surface area contributed by atoms with Gasteiger partial charge in [-0.3, -0.25) is 0 Å². The van der Waals surface area contributed by atoms with E-state index in [2.05, 4.69) is 6.58 Å². The first kappa shape index (κ1) is 25.8. The highest BCUT2D eigenvalue weighted by molar-refractivity contribution is 5.19. The molecule has 0 amide bonds. The molecule has 194 valence electrons. The van der Waals surface area contributed by atoms with Gasteiger partial charge in [0.1, 0.15) is 18.3 Å². The summed E-state index contributed by atoms with van der Waals surface area (Å²) in [7, 11) is 1.63. The number of benzene rings is 3. The summed E-state index contributed by atoms with van der Waals surface area (Å²) in [4.78, 5) is 0. The van der Waals surface area contributed by atoms with Crippen molar-refractivity contribution < 1.29 is 28.4 Å². The largest absolute Gasteiger partial charge is 0.367 e. The van der Waals surface area contributed by atoms with Gasteiger partial charge in [0.15, 0.2) is 18.2 Å². The molecule has 1 unspecified atom stereocenters. The zero-order valence-corrected chi connectivity index (χ0v) is 21.1. The molecule has 37 heavy (non-hydrogen) atoms. The van der Waals surface area contributed by atoms with E-state index in [1.54, 1.807) is 7.11 Å². The first-order valence-corrected chi connectivity index (χ1v) is 12.7. The van der Waals surface area contributed by atoms with E-state index in [1.165, 1.54) is 0 Å². The van der Waals surface area contributed by atoms with Gasteiger partial charge in [0.05, 0.1) is 19.8 Å². The third-order valence-electron chi connectivity index (χ3n) is 6.91. The third-order valence-corrected chi connectivity index (χ3v) is 6.91. The Labute approximate surface area is 218 Å². The standard InChI is InChI=1S/C31H34O6/c1-3-19-31(35-21-24-15-9-5-10-16-24)28(33-20-23-13-7-4-8-14-23)27-26(36-30(31)32-2)22-34-29(37-27)25-17-11-6-12-18-25/h3-18,26-30H,1,19-22H2,2H3/t26-,27-,28+,29?,30+,31+/m1/s1. The Morgan fingerprint density at radius 2 is 1.49 bits per heavy atom. The summed E-state index contributed by atoms with van der Waals surface area (Å²) < 4.78 is 38.4. The summed E-state index contributed by atoms with van der Waals surface area (Å²) in [5.41, 5.74) is 2.04. The van der Waals surface area contributed by atoms with Crippen molar-refractivity contribution in [1.82, 2.24) is 0 Å². The highest BCUT2D eigenvalue weighted by atomic mass is 16.8. The molecule has 2 heterocycles. The second-order valence-electron chi connectivity index (χ2n) is 9.36. The fourth-order valence-corrected chi connectivity index (χ4v) is 5.09. The van der Waals surface area contributed by atoms with Gasteiger partial charge < -0.3 is 28.4 Å². The van der Waals surface area contributed by atoms with Crippen molar-refractivity contribution in [2.45, 2.75) is 56.1 Å². The minimum Gasteiger partial charge on any atom is -0.367 e. The Kier molecular flexibility index (Phi) is 8.46. The van der Waals surface area contributed by atoms with Crippen molar-refractivity contribution in [2.75, 3.05) is 13.7 Å². The lowest BCUT2D eigenvalue weighted by atomic mass is 9.82. The SMILES string of the molecule is C=CC[C@@]1(OCc2ccccc2)[C@@H](OC)O[C@@H]2COC(c3ccccc3)O[C@H]2[C@@H]1OCc1ccccc1. The molecular formula is C31H34O6. The Morgan fingerprint density at radius 3 is 2.11 bits per heavy atom. The average molecular weight is 503 g/mol. The molecule has 6 atom stereocenters. The second kappa shape index (κ2) is 12.1. The molecule has 2 fully saturated rings. The van der Waals surface area contributed by atoms with Crippen molar-refractivity contribution in [3.63, 3.8) is 0 Å². The molecule has 0 saturated carbocycles. The van der Waals surface area contributed by atoms with Gasteiger partial charge in [0.25, 0.3) is 0 Å². The van der Waals surface area contributed by atoms with E-state index >= 15 is 0 Å². The normalized spacial score (nSPS) is 29.4. The van der Waals surface area contributed by atoms with E-state index in [0.29, 0.717) is 26.2 Å². The van der Waals surface area contributed by atoms with Gasteiger partial charge in [-0.05, 0) is 11.1 Å². The molecule has 0 aliphatic carbocycles. The molecule has 3 aromatic rings. The summed E-state index contributed by atoms with van der Waals surface area (Å²) in [6, 6.07) is 30.0. The van der Waals surface area contributed by atoms with Crippen molar-refractivity contribution in [3.8, 4) is 0 Å². The maximum absolute atomic E-state index is 6.72. The van der Waals surface area contributed by atoms with Crippen molar-refractivity contribution in [3.05, 3.63) is 120 Å². The minimum atomic E-state index is -0.999. The number of hydrogen-bond acceptors (Lipinski definition) is 6. The summed E-state index contributed by atoms with van der Waals surface area (Å²) in [6.07, 6.45) is -0.336. The van der Waals surface area contributed by atoms with Crippen LogP contribution >= 0.6 is 0 Å². The smallest absolute Gasteiger partial charge is 0.189 e. The molecule has 0 aromatic heterocycles. The lowest BCUT2D eigenvalue weighted by Gasteiger charge is -2.54. The topological polar surface area (TPSA) is 55.4 Å². The van der Waals surface area contributed by atoms with Crippen LogP contribution in [0.2, 0.25) is 0 Å². The van der Waals surface area contributed by atoms with Crippen LogP contribution in [-0.2, 0) is 41.6 Å². The molecule has 3 aromatic carbocycles. The molecule has 6 nitrogen and oxygen atoms in total. The molecule has 5 rings (SSSR count). The van der Waals surface area contributed by atoms with E-state index in [9.17, 15) is 0 Å². The molecule has 0 radical (unpaired) electrons. The van der Waals surface area contributed by atoms with Crippen LogP contribution in [0.5, 0.6) is 0 Å². The quantitative estimate of drug-likeness (QED) is 0.337. The molecule has 6 heteroatoms. The van der Waals surface area contributed by atoms with Crippen molar-refractivity contribution in [2.24, 2.45) is 0 Å². The Morgan fingerprint density at radius 1 is 0.865 bits per heavy atom. The van der Waals surface area contributed by atoms with Crippen LogP contribution in [0, 0.1) is 0 Å². The number of rotatable bonds is 10. The van der Waals surface area contributed by atoms with Gasteiger partial charge >= 0.3 is 0 Å². The van der Waals surface area contributed by atoms with Gasteiger partial charge in [-0.2, -0.15) is 0 Å². The van der Waals surface area contributed by atoms with Crippen molar-refractivity contribution >= 4 is 0 Å². The third kappa shape index (κ3) is 5.70. The highest BCUT2D eigenvalue weighted by Gasteiger charge is 2.60. The van der Waals surface area contributed by atoms with Crippen LogP contribution in [0.4, 0.5) is 0 Å². The molecule has 2 saturated heterocycles. The summed E-state index contributed by atoms with van der Waals surface area (Å²) in [5.74, 6) is 0. The lowest BCUT2D eigenvalue weighted by Crippen LogP contribution is -2.70. The Hall–Kier alpha value is -2.84. The number of methoxy groups -OCH3 is 1. The van der Waals surface area contributed by atoms with Crippen LogP contribution in [0.25, 0.3) is 0 Å². The number of fused-ring (bicyclic) bond motifs is 1. The zero-order valence-electron chi connectivity index (χ0n) is 21.1. The lowest BCUT2D eigenvalue weighted by molar-refractivity contribution is -0.397. The van der Waals surface area contributed by atoms with Crippen LogP contribution in [0.3, 0.4) is 0 Å².